The molecule has 2 heterocycles. The fraction of sp³-hybridized carbons (Fsp3) is 0.571. The Morgan fingerprint density at radius 1 is 0.879 bits per heavy atom. The van der Waals surface area contributed by atoms with E-state index < -0.39 is 0 Å². The van der Waals surface area contributed by atoms with Crippen LogP contribution in [0, 0.1) is 23.2 Å². The third kappa shape index (κ3) is 4.22. The van der Waals surface area contributed by atoms with Crippen molar-refractivity contribution in [1.82, 2.24) is 14.8 Å². The van der Waals surface area contributed by atoms with Crippen LogP contribution in [0.25, 0.3) is 5.69 Å². The highest BCUT2D eigenvalue weighted by atomic mass is 16.2. The quantitative estimate of drug-likeness (QED) is 0.718. The topological polar surface area (TPSA) is 54.3 Å². The van der Waals surface area contributed by atoms with E-state index >= 15 is 0 Å². The van der Waals surface area contributed by atoms with E-state index in [0.717, 1.165) is 48.3 Å². The summed E-state index contributed by atoms with van der Waals surface area (Å²) < 4.78 is 2.03. The lowest BCUT2D eigenvalue weighted by atomic mass is 9.49. The maximum atomic E-state index is 13.0. The van der Waals surface area contributed by atoms with Crippen LogP contribution >= 0.6 is 0 Å². The number of rotatable bonds is 5. The number of nitrogens with zero attached hydrogens (tertiary/aromatic N) is 2. The predicted molar refractivity (Wildman–Crippen MR) is 128 cm³/mol. The molecule has 7 rings (SSSR count). The van der Waals surface area contributed by atoms with Crippen molar-refractivity contribution in [2.45, 2.75) is 63.8 Å². The molecule has 174 valence electrons. The van der Waals surface area contributed by atoms with Gasteiger partial charge in [0.1, 0.15) is 0 Å². The molecular formula is C28H35N3O2. The molecule has 33 heavy (non-hydrogen) atoms. The molecule has 5 heteroatoms. The number of amides is 2. The summed E-state index contributed by atoms with van der Waals surface area (Å²) in [5.74, 6) is 3.00. The first-order valence-electron chi connectivity index (χ1n) is 12.9. The van der Waals surface area contributed by atoms with Crippen molar-refractivity contribution in [3.05, 3.63) is 54.4 Å². The van der Waals surface area contributed by atoms with Crippen LogP contribution in [0.2, 0.25) is 0 Å². The van der Waals surface area contributed by atoms with Crippen LogP contribution in [-0.4, -0.2) is 40.4 Å². The van der Waals surface area contributed by atoms with Gasteiger partial charge in [0.05, 0.1) is 0 Å². The third-order valence-electron chi connectivity index (χ3n) is 8.86. The molecule has 1 N–H and O–H groups in total. The van der Waals surface area contributed by atoms with Gasteiger partial charge in [0.15, 0.2) is 0 Å². The Kier molecular flexibility index (Phi) is 5.31. The maximum absolute atomic E-state index is 13.0. The monoisotopic (exact) mass is 445 g/mol. The van der Waals surface area contributed by atoms with Crippen LogP contribution in [-0.2, 0) is 4.79 Å². The summed E-state index contributed by atoms with van der Waals surface area (Å²) in [5, 5.41) is 3.34. The number of carbonyl (C=O) groups excluding carboxylic acids is 2. The van der Waals surface area contributed by atoms with E-state index in [4.69, 9.17) is 0 Å². The minimum Gasteiger partial charge on any atom is -0.353 e. The molecule has 1 saturated heterocycles. The maximum Gasteiger partial charge on any atom is 0.253 e. The van der Waals surface area contributed by atoms with Crippen LogP contribution in [0.15, 0.2) is 48.8 Å². The molecular weight excluding hydrogens is 410 g/mol. The van der Waals surface area contributed by atoms with E-state index in [1.54, 1.807) is 0 Å². The normalized spacial score (nSPS) is 31.0. The van der Waals surface area contributed by atoms with E-state index in [1.807, 2.05) is 58.3 Å². The summed E-state index contributed by atoms with van der Waals surface area (Å²) in [6.45, 7) is 1.42. The second-order valence-electron chi connectivity index (χ2n) is 11.4. The molecule has 5 fully saturated rings. The molecule has 2 amide bonds. The highest BCUT2D eigenvalue weighted by Gasteiger charge is 2.51. The zero-order valence-electron chi connectivity index (χ0n) is 19.4. The number of carbonyl (C=O) groups is 2. The van der Waals surface area contributed by atoms with Crippen molar-refractivity contribution in [1.29, 1.82) is 0 Å². The number of benzene rings is 1. The summed E-state index contributed by atoms with van der Waals surface area (Å²) in [5.41, 5.74) is 2.08. The average molecular weight is 446 g/mol. The van der Waals surface area contributed by atoms with Gasteiger partial charge < -0.3 is 14.8 Å². The average Bonchev–Trinajstić information content (AvgIpc) is 3.33. The van der Waals surface area contributed by atoms with Crippen molar-refractivity contribution >= 4 is 11.8 Å². The minimum atomic E-state index is 0.0902. The Morgan fingerprint density at radius 3 is 2.03 bits per heavy atom. The molecule has 0 unspecified atom stereocenters. The van der Waals surface area contributed by atoms with E-state index in [1.165, 1.54) is 38.5 Å². The number of likely N-dealkylation sites (tertiary alicyclic amines) is 1. The van der Waals surface area contributed by atoms with Gasteiger partial charge in [-0.25, -0.2) is 0 Å². The van der Waals surface area contributed by atoms with Crippen molar-refractivity contribution in [3.63, 3.8) is 0 Å². The van der Waals surface area contributed by atoms with Gasteiger partial charge in [-0.1, -0.05) is 0 Å². The smallest absolute Gasteiger partial charge is 0.253 e. The first-order valence-corrected chi connectivity index (χ1v) is 12.9. The number of aromatic nitrogens is 1. The van der Waals surface area contributed by atoms with Crippen molar-refractivity contribution in [2.24, 2.45) is 23.2 Å². The zero-order valence-corrected chi connectivity index (χ0v) is 19.4. The SMILES string of the molecule is O=C(CC12CC3CC(CC(C3)C1)C2)NC1CCN(C(=O)c2ccc(-n3cccc3)cc2)CC1. The molecule has 5 nitrogen and oxygen atoms in total. The van der Waals surface area contributed by atoms with Crippen molar-refractivity contribution in [3.8, 4) is 5.69 Å². The fourth-order valence-electron chi connectivity index (χ4n) is 7.82. The molecule has 1 aromatic heterocycles. The molecule has 1 aromatic carbocycles. The summed E-state index contributed by atoms with van der Waals surface area (Å²) in [6.07, 6.45) is 14.5. The van der Waals surface area contributed by atoms with Gasteiger partial charge in [-0.3, -0.25) is 9.59 Å². The summed E-state index contributed by atoms with van der Waals surface area (Å²) in [7, 11) is 0. The van der Waals surface area contributed by atoms with Crippen LogP contribution in [0.4, 0.5) is 0 Å². The van der Waals surface area contributed by atoms with Gasteiger partial charge in [0, 0.05) is 49.2 Å². The Bertz CT molecular complexity index is 967. The van der Waals surface area contributed by atoms with Crippen LogP contribution in [0.1, 0.15) is 68.1 Å². The van der Waals surface area contributed by atoms with E-state index in [9.17, 15) is 9.59 Å². The molecule has 4 bridgehead atoms. The molecule has 0 spiro atoms. The lowest BCUT2D eigenvalue weighted by Gasteiger charge is -2.56. The summed E-state index contributed by atoms with van der Waals surface area (Å²) >= 11 is 0. The van der Waals surface area contributed by atoms with Crippen molar-refractivity contribution in [2.75, 3.05) is 13.1 Å². The van der Waals surface area contributed by atoms with E-state index in [-0.39, 0.29) is 17.9 Å². The summed E-state index contributed by atoms with van der Waals surface area (Å²) in [6, 6.07) is 12.0. The predicted octanol–water partition coefficient (Wildman–Crippen LogP) is 4.80. The first kappa shape index (κ1) is 21.0. The molecule has 4 saturated carbocycles. The molecule has 2 aromatic rings. The number of piperidine rings is 1. The Balaban J connectivity index is 1.00. The standard InChI is InChI=1S/C28H35N3O2/c32-26(19-28-16-20-13-21(17-28)15-22(14-20)18-28)29-24-7-11-31(12-8-24)27(33)23-3-5-25(6-4-23)30-9-1-2-10-30/h1-6,9-10,20-22,24H,7-8,11-19H2,(H,29,32). The Hall–Kier alpha value is -2.56. The number of hydrogen-bond donors (Lipinski definition) is 1. The molecule has 1 aliphatic heterocycles. The molecule has 4 aliphatic carbocycles. The van der Waals surface area contributed by atoms with E-state index in [2.05, 4.69) is 5.32 Å². The van der Waals surface area contributed by atoms with Gasteiger partial charge in [0.25, 0.3) is 5.91 Å². The van der Waals surface area contributed by atoms with Crippen LogP contribution < -0.4 is 5.32 Å². The molecule has 5 aliphatic rings. The molecule has 0 atom stereocenters. The van der Waals surface area contributed by atoms with Gasteiger partial charge >= 0.3 is 0 Å². The van der Waals surface area contributed by atoms with Gasteiger partial charge in [-0.15, -0.1) is 0 Å². The van der Waals surface area contributed by atoms with Gasteiger partial charge in [0.2, 0.25) is 5.91 Å². The zero-order chi connectivity index (χ0) is 22.4. The van der Waals surface area contributed by atoms with Crippen LogP contribution in [0.3, 0.4) is 0 Å². The largest absolute Gasteiger partial charge is 0.353 e. The highest BCUT2D eigenvalue weighted by molar-refractivity contribution is 5.94. The lowest BCUT2D eigenvalue weighted by molar-refractivity contribution is -0.130. The second kappa shape index (κ2) is 8.34. The minimum absolute atomic E-state index is 0.0902. The third-order valence-corrected chi connectivity index (χ3v) is 8.86. The number of hydrogen-bond acceptors (Lipinski definition) is 2. The number of nitrogens with one attached hydrogen (secondary N) is 1. The van der Waals surface area contributed by atoms with Gasteiger partial charge in [-0.2, -0.15) is 0 Å². The van der Waals surface area contributed by atoms with E-state index in [0.29, 0.717) is 18.5 Å². The molecule has 0 radical (unpaired) electrons. The second-order valence-corrected chi connectivity index (χ2v) is 11.4. The van der Waals surface area contributed by atoms with Gasteiger partial charge in [-0.05, 0) is 111 Å². The highest BCUT2D eigenvalue weighted by Crippen LogP contribution is 2.61. The Labute approximate surface area is 196 Å². The lowest BCUT2D eigenvalue weighted by Crippen LogP contribution is -2.50. The summed E-state index contributed by atoms with van der Waals surface area (Å²) in [4.78, 5) is 27.9. The van der Waals surface area contributed by atoms with Crippen LogP contribution in [0.5, 0.6) is 0 Å². The fourth-order valence-corrected chi connectivity index (χ4v) is 7.82. The van der Waals surface area contributed by atoms with Crippen molar-refractivity contribution < 1.29 is 9.59 Å². The Morgan fingerprint density at radius 2 is 1.45 bits per heavy atom. The first-order chi connectivity index (χ1) is 16.1.